The van der Waals surface area contributed by atoms with Crippen molar-refractivity contribution < 1.29 is 30.0 Å². The minimum Gasteiger partial charge on any atom is -0.481 e. The summed E-state index contributed by atoms with van der Waals surface area (Å²) in [5.41, 5.74) is 0. The van der Waals surface area contributed by atoms with Gasteiger partial charge in [-0.25, -0.2) is 0 Å². The van der Waals surface area contributed by atoms with Gasteiger partial charge in [-0.1, -0.05) is 166 Å². The highest BCUT2D eigenvalue weighted by Gasteiger charge is 2.03. The number of hydrogen-bond donors (Lipinski definition) is 4. The maximum atomic E-state index is 10.5. The van der Waals surface area contributed by atoms with Crippen LogP contribution in [0.25, 0.3) is 0 Å². The monoisotopic (exact) mass is 679 g/mol. The molecule has 0 aliphatic carbocycles. The molecule has 0 saturated heterocycles. The first kappa shape index (κ1) is 46.3. The smallest absolute Gasteiger partial charge is 0.303 e. The number of aliphatic hydroxyl groups is 2. The Balaban J connectivity index is 3.28. The number of hydrogen-bond acceptors (Lipinski definition) is 4. The van der Waals surface area contributed by atoms with Crippen molar-refractivity contribution in [2.75, 3.05) is 0 Å². The van der Waals surface area contributed by atoms with Gasteiger partial charge in [0.25, 0.3) is 0 Å². The molecule has 0 aliphatic rings. The van der Waals surface area contributed by atoms with Gasteiger partial charge in [0, 0.05) is 12.8 Å². The van der Waals surface area contributed by atoms with E-state index in [9.17, 15) is 19.8 Å². The van der Waals surface area contributed by atoms with Crippen molar-refractivity contribution in [3.8, 4) is 0 Å². The SMILES string of the molecule is O=C(O)CCCCCCC/C=C\C[C@H](O)CCCCCCCCCCCCCCCCCC[C@@H](O)C/C=C\CCCCCCCC(=O)O. The van der Waals surface area contributed by atoms with Crippen molar-refractivity contribution in [3.05, 3.63) is 24.3 Å². The third kappa shape index (κ3) is 40.5. The van der Waals surface area contributed by atoms with Crippen LogP contribution in [-0.4, -0.2) is 44.6 Å². The zero-order valence-corrected chi connectivity index (χ0v) is 31.1. The number of aliphatic hydroxyl groups excluding tert-OH is 2. The summed E-state index contributed by atoms with van der Waals surface area (Å²) in [5, 5.41) is 37.7. The van der Waals surface area contributed by atoms with E-state index in [1.54, 1.807) is 0 Å². The van der Waals surface area contributed by atoms with Gasteiger partial charge in [-0.15, -0.1) is 0 Å². The minimum absolute atomic E-state index is 0.201. The first-order valence-electron chi connectivity index (χ1n) is 20.5. The van der Waals surface area contributed by atoms with E-state index in [0.29, 0.717) is 12.8 Å². The number of allylic oxidation sites excluding steroid dienone is 2. The molecule has 0 amide bonds. The first-order valence-corrected chi connectivity index (χ1v) is 20.5. The van der Waals surface area contributed by atoms with Crippen molar-refractivity contribution in [1.29, 1.82) is 0 Å². The lowest BCUT2D eigenvalue weighted by molar-refractivity contribution is -0.138. The average molecular weight is 679 g/mol. The van der Waals surface area contributed by atoms with Gasteiger partial charge in [-0.2, -0.15) is 0 Å². The minimum atomic E-state index is -0.692. The molecule has 0 fully saturated rings. The van der Waals surface area contributed by atoms with Crippen LogP contribution < -0.4 is 0 Å². The second kappa shape index (κ2) is 38.1. The molecule has 48 heavy (non-hydrogen) atoms. The zero-order chi connectivity index (χ0) is 35.2. The Morgan fingerprint density at radius 2 is 0.604 bits per heavy atom. The Labute approximate surface area is 296 Å². The van der Waals surface area contributed by atoms with Crippen LogP contribution in [0.15, 0.2) is 24.3 Å². The highest BCUT2D eigenvalue weighted by atomic mass is 16.4. The lowest BCUT2D eigenvalue weighted by Crippen LogP contribution is -2.04. The van der Waals surface area contributed by atoms with E-state index >= 15 is 0 Å². The standard InChI is InChI=1S/C42H78O6/c43-39(35-29-23-17-11-13-19-25-31-37-41(45)46)33-27-21-15-9-7-5-3-1-2-4-6-8-10-16-22-28-34-40(44)36-30-24-18-12-14-20-26-32-38-42(47)48/h23-24,29-30,39-40,43-44H,1-22,25-28,31-38H2,(H,45,46)(H,47,48)/b29-23-,30-24-/t39-,40-/m1/s1. The van der Waals surface area contributed by atoms with Gasteiger partial charge < -0.3 is 20.4 Å². The number of carboxylic acid groups (broad SMARTS) is 2. The van der Waals surface area contributed by atoms with E-state index in [2.05, 4.69) is 24.3 Å². The molecule has 0 aromatic rings. The summed E-state index contributed by atoms with van der Waals surface area (Å²) in [6.45, 7) is 0. The van der Waals surface area contributed by atoms with Crippen molar-refractivity contribution in [3.63, 3.8) is 0 Å². The molecule has 0 radical (unpaired) electrons. The van der Waals surface area contributed by atoms with Crippen molar-refractivity contribution in [1.82, 2.24) is 0 Å². The van der Waals surface area contributed by atoms with Crippen LogP contribution in [0.2, 0.25) is 0 Å². The summed E-state index contributed by atoms with van der Waals surface area (Å²) in [7, 11) is 0. The van der Waals surface area contributed by atoms with Crippen LogP contribution in [0.1, 0.15) is 218 Å². The fourth-order valence-electron chi connectivity index (χ4n) is 6.35. The Hall–Kier alpha value is -1.66. The van der Waals surface area contributed by atoms with Crippen LogP contribution in [-0.2, 0) is 9.59 Å². The predicted octanol–water partition coefficient (Wildman–Crippen LogP) is 12.3. The van der Waals surface area contributed by atoms with E-state index in [1.807, 2.05) is 0 Å². The van der Waals surface area contributed by atoms with Crippen LogP contribution in [0.3, 0.4) is 0 Å². The van der Waals surface area contributed by atoms with Crippen molar-refractivity contribution in [2.45, 2.75) is 231 Å². The van der Waals surface area contributed by atoms with Gasteiger partial charge >= 0.3 is 11.9 Å². The third-order valence-electron chi connectivity index (χ3n) is 9.50. The number of rotatable bonds is 39. The number of unbranched alkanes of at least 4 members (excludes halogenated alkanes) is 25. The maximum absolute atomic E-state index is 10.5. The van der Waals surface area contributed by atoms with E-state index in [-0.39, 0.29) is 12.2 Å². The Bertz CT molecular complexity index is 686. The molecule has 6 heteroatoms. The van der Waals surface area contributed by atoms with Gasteiger partial charge in [0.15, 0.2) is 0 Å². The molecule has 6 nitrogen and oxygen atoms in total. The summed E-state index contributed by atoms with van der Waals surface area (Å²) in [6.07, 6.45) is 45.8. The normalized spacial score (nSPS) is 13.1. The zero-order valence-electron chi connectivity index (χ0n) is 31.1. The maximum Gasteiger partial charge on any atom is 0.303 e. The Morgan fingerprint density at radius 3 is 0.896 bits per heavy atom. The van der Waals surface area contributed by atoms with Crippen LogP contribution in [0.4, 0.5) is 0 Å². The molecule has 0 heterocycles. The van der Waals surface area contributed by atoms with Crippen molar-refractivity contribution in [2.24, 2.45) is 0 Å². The molecule has 0 spiro atoms. The van der Waals surface area contributed by atoms with Gasteiger partial charge in [-0.05, 0) is 64.2 Å². The predicted molar refractivity (Wildman–Crippen MR) is 203 cm³/mol. The molecule has 0 aromatic heterocycles. The summed E-state index contributed by atoms with van der Waals surface area (Å²) in [6, 6.07) is 0. The highest BCUT2D eigenvalue weighted by molar-refractivity contribution is 5.66. The molecule has 4 N–H and O–H groups in total. The molecule has 0 aliphatic heterocycles. The summed E-state index contributed by atoms with van der Waals surface area (Å²) < 4.78 is 0. The quantitative estimate of drug-likeness (QED) is 0.0380. The van der Waals surface area contributed by atoms with Gasteiger partial charge in [0.2, 0.25) is 0 Å². The Morgan fingerprint density at radius 1 is 0.354 bits per heavy atom. The second-order valence-corrected chi connectivity index (χ2v) is 14.4. The second-order valence-electron chi connectivity index (χ2n) is 14.4. The molecule has 0 unspecified atom stereocenters. The molecule has 282 valence electrons. The first-order chi connectivity index (χ1) is 23.4. The number of carbonyl (C=O) groups is 2. The molecular formula is C42H78O6. The lowest BCUT2D eigenvalue weighted by Gasteiger charge is -2.08. The van der Waals surface area contributed by atoms with E-state index in [4.69, 9.17) is 10.2 Å². The molecule has 0 saturated carbocycles. The molecule has 0 aromatic carbocycles. The van der Waals surface area contributed by atoms with Crippen LogP contribution in [0, 0.1) is 0 Å². The van der Waals surface area contributed by atoms with Crippen LogP contribution in [0.5, 0.6) is 0 Å². The fraction of sp³-hybridized carbons (Fsp3) is 0.857. The number of carboxylic acids is 2. The molecule has 0 rings (SSSR count). The summed E-state index contributed by atoms with van der Waals surface area (Å²) in [5.74, 6) is -1.38. The Kier molecular flexibility index (Phi) is 36.8. The fourth-order valence-corrected chi connectivity index (χ4v) is 6.35. The number of aliphatic carboxylic acids is 2. The van der Waals surface area contributed by atoms with Crippen LogP contribution >= 0.6 is 0 Å². The summed E-state index contributed by atoms with van der Waals surface area (Å²) >= 11 is 0. The highest BCUT2D eigenvalue weighted by Crippen LogP contribution is 2.16. The van der Waals surface area contributed by atoms with Gasteiger partial charge in [0.1, 0.15) is 0 Å². The van der Waals surface area contributed by atoms with Gasteiger partial charge in [0.05, 0.1) is 12.2 Å². The third-order valence-corrected chi connectivity index (χ3v) is 9.50. The topological polar surface area (TPSA) is 115 Å². The van der Waals surface area contributed by atoms with E-state index in [1.165, 1.54) is 89.9 Å². The molecule has 2 atom stereocenters. The van der Waals surface area contributed by atoms with Gasteiger partial charge in [-0.3, -0.25) is 9.59 Å². The lowest BCUT2D eigenvalue weighted by atomic mass is 10.0. The largest absolute Gasteiger partial charge is 0.481 e. The van der Waals surface area contributed by atoms with E-state index in [0.717, 1.165) is 116 Å². The summed E-state index contributed by atoms with van der Waals surface area (Å²) in [4.78, 5) is 21.0. The molecule has 0 bridgehead atoms. The molecular weight excluding hydrogens is 600 g/mol. The van der Waals surface area contributed by atoms with Crippen molar-refractivity contribution >= 4 is 11.9 Å². The van der Waals surface area contributed by atoms with E-state index < -0.39 is 11.9 Å². The average Bonchev–Trinajstić information content (AvgIpc) is 3.05.